The second kappa shape index (κ2) is 7.29. The van der Waals surface area contributed by atoms with Crippen LogP contribution in [-0.2, 0) is 16.5 Å². The van der Waals surface area contributed by atoms with Gasteiger partial charge >= 0.3 is 5.69 Å². The Bertz CT molecular complexity index is 577. The Kier molecular flexibility index (Phi) is 5.14. The zero-order valence-electron chi connectivity index (χ0n) is 13.7. The van der Waals surface area contributed by atoms with E-state index >= 15 is 0 Å². The van der Waals surface area contributed by atoms with Gasteiger partial charge in [0.25, 0.3) is 0 Å². The summed E-state index contributed by atoms with van der Waals surface area (Å²) < 4.78 is 18.1. The van der Waals surface area contributed by atoms with Gasteiger partial charge in [-0.15, -0.1) is 0 Å². The van der Waals surface area contributed by atoms with E-state index in [1.165, 1.54) is 0 Å². The van der Waals surface area contributed by atoms with Gasteiger partial charge in [0.1, 0.15) is 18.5 Å². The highest BCUT2D eigenvalue weighted by Crippen LogP contribution is 2.18. The number of nitrogens with zero attached hydrogens (tertiary/aromatic N) is 4. The zero-order chi connectivity index (χ0) is 16.2. The van der Waals surface area contributed by atoms with Gasteiger partial charge in [-0.2, -0.15) is 4.98 Å². The third kappa shape index (κ3) is 4.01. The zero-order valence-corrected chi connectivity index (χ0v) is 13.7. The molecule has 0 aliphatic carbocycles. The highest BCUT2D eigenvalue weighted by Gasteiger charge is 2.20. The fraction of sp³-hybridized carbons (Fsp3) is 0.733. The van der Waals surface area contributed by atoms with Crippen LogP contribution in [0.5, 0.6) is 5.88 Å². The van der Waals surface area contributed by atoms with Crippen LogP contribution < -0.4 is 15.3 Å². The molecule has 1 aromatic heterocycles. The first kappa shape index (κ1) is 16.2. The maximum absolute atomic E-state index is 12.1. The normalized spacial score (nSPS) is 23.0. The van der Waals surface area contributed by atoms with E-state index in [0.717, 1.165) is 32.0 Å². The Hall–Kier alpha value is -1.64. The molecule has 23 heavy (non-hydrogen) atoms. The smallest absolute Gasteiger partial charge is 0.352 e. The van der Waals surface area contributed by atoms with Crippen LogP contribution in [-0.4, -0.2) is 80.2 Å². The Balaban J connectivity index is 1.70. The van der Waals surface area contributed by atoms with E-state index in [2.05, 4.69) is 21.8 Å². The van der Waals surface area contributed by atoms with Crippen LogP contribution in [0.4, 0.5) is 5.82 Å². The Labute approximate surface area is 135 Å². The molecule has 2 fully saturated rings. The van der Waals surface area contributed by atoms with E-state index in [-0.39, 0.29) is 11.8 Å². The van der Waals surface area contributed by atoms with Gasteiger partial charge in [-0.1, -0.05) is 0 Å². The molecule has 128 valence electrons. The maximum Gasteiger partial charge on any atom is 0.352 e. The molecular formula is C15H24N4O4. The molecule has 0 saturated carbocycles. The van der Waals surface area contributed by atoms with Crippen molar-refractivity contribution in [1.29, 1.82) is 0 Å². The summed E-state index contributed by atoms with van der Waals surface area (Å²) >= 11 is 0. The van der Waals surface area contributed by atoms with Crippen molar-refractivity contribution in [2.24, 2.45) is 7.05 Å². The lowest BCUT2D eigenvalue weighted by atomic mass is 10.3. The number of aromatic nitrogens is 2. The van der Waals surface area contributed by atoms with E-state index in [1.807, 2.05) is 6.07 Å². The van der Waals surface area contributed by atoms with Gasteiger partial charge in [0.15, 0.2) is 0 Å². The van der Waals surface area contributed by atoms with Crippen molar-refractivity contribution in [2.45, 2.75) is 6.10 Å². The quantitative estimate of drug-likeness (QED) is 0.727. The van der Waals surface area contributed by atoms with Crippen molar-refractivity contribution in [2.75, 3.05) is 64.6 Å². The van der Waals surface area contributed by atoms with E-state index < -0.39 is 0 Å². The minimum absolute atomic E-state index is 0.110. The predicted octanol–water partition coefficient (Wildman–Crippen LogP) is -0.674. The number of hydrogen-bond donors (Lipinski definition) is 0. The van der Waals surface area contributed by atoms with Crippen LogP contribution >= 0.6 is 0 Å². The van der Waals surface area contributed by atoms with E-state index in [0.29, 0.717) is 32.3 Å². The van der Waals surface area contributed by atoms with Crippen molar-refractivity contribution in [3.8, 4) is 5.88 Å². The molecular weight excluding hydrogens is 300 g/mol. The number of rotatable bonds is 4. The maximum atomic E-state index is 12.1. The van der Waals surface area contributed by atoms with Gasteiger partial charge < -0.3 is 24.0 Å². The molecule has 3 rings (SSSR count). The number of ether oxygens (including phenoxy) is 3. The molecule has 1 aromatic rings. The van der Waals surface area contributed by atoms with Crippen LogP contribution in [0, 0.1) is 0 Å². The summed E-state index contributed by atoms with van der Waals surface area (Å²) in [5.74, 6) is 1.19. The molecule has 0 amide bonds. The van der Waals surface area contributed by atoms with Crippen molar-refractivity contribution in [3.63, 3.8) is 0 Å². The SMILES string of the molecule is CN1CCN(c2cc(OC[C@H]3COCCO3)nc(=O)n2C)CC1. The second-order valence-electron chi connectivity index (χ2n) is 5.96. The average Bonchev–Trinajstić information content (AvgIpc) is 2.57. The predicted molar refractivity (Wildman–Crippen MR) is 85.2 cm³/mol. The van der Waals surface area contributed by atoms with Crippen molar-refractivity contribution in [3.05, 3.63) is 16.6 Å². The van der Waals surface area contributed by atoms with E-state index in [1.54, 1.807) is 11.6 Å². The molecule has 3 heterocycles. The van der Waals surface area contributed by atoms with Gasteiger partial charge in [-0.05, 0) is 7.05 Å². The third-order valence-corrected chi connectivity index (χ3v) is 4.22. The summed E-state index contributed by atoms with van der Waals surface area (Å²) in [5.41, 5.74) is -0.308. The first-order valence-corrected chi connectivity index (χ1v) is 7.97. The molecule has 0 spiro atoms. The summed E-state index contributed by atoms with van der Waals surface area (Å²) in [6, 6.07) is 1.83. The van der Waals surface area contributed by atoms with Crippen LogP contribution in [0.25, 0.3) is 0 Å². The van der Waals surface area contributed by atoms with E-state index in [4.69, 9.17) is 14.2 Å². The van der Waals surface area contributed by atoms with Crippen molar-refractivity contribution >= 4 is 5.82 Å². The summed E-state index contributed by atoms with van der Waals surface area (Å²) in [6.45, 7) is 5.75. The Morgan fingerprint density at radius 3 is 2.74 bits per heavy atom. The lowest BCUT2D eigenvalue weighted by Gasteiger charge is -2.34. The standard InChI is InChI=1S/C15H24N4O4/c1-17-3-5-19(6-4-17)14-9-13(16-15(20)18(14)2)23-11-12-10-21-7-8-22-12/h9,12H,3-8,10-11H2,1-2H3/t12-/m1/s1. The molecule has 8 heteroatoms. The minimum atomic E-state index is -0.308. The van der Waals surface area contributed by atoms with Gasteiger partial charge in [0.05, 0.1) is 19.8 Å². The summed E-state index contributed by atoms with van der Waals surface area (Å²) in [4.78, 5) is 20.5. The van der Waals surface area contributed by atoms with Gasteiger partial charge in [0, 0.05) is 39.3 Å². The van der Waals surface area contributed by atoms with Crippen LogP contribution in [0.15, 0.2) is 10.9 Å². The molecule has 2 aliphatic heterocycles. The number of hydrogen-bond acceptors (Lipinski definition) is 7. The second-order valence-corrected chi connectivity index (χ2v) is 5.96. The Morgan fingerprint density at radius 1 is 1.26 bits per heavy atom. The molecule has 2 saturated heterocycles. The number of likely N-dealkylation sites (N-methyl/N-ethyl adjacent to an activating group) is 1. The lowest BCUT2D eigenvalue weighted by Crippen LogP contribution is -2.46. The van der Waals surface area contributed by atoms with Crippen LogP contribution in [0.1, 0.15) is 0 Å². The summed E-state index contributed by atoms with van der Waals surface area (Å²) in [7, 11) is 3.84. The summed E-state index contributed by atoms with van der Waals surface area (Å²) in [6.07, 6.45) is -0.110. The fourth-order valence-electron chi connectivity index (χ4n) is 2.73. The molecule has 2 aliphatic rings. The molecule has 8 nitrogen and oxygen atoms in total. The van der Waals surface area contributed by atoms with Crippen LogP contribution in [0.3, 0.4) is 0 Å². The molecule has 1 atom stereocenters. The van der Waals surface area contributed by atoms with Crippen LogP contribution in [0.2, 0.25) is 0 Å². The number of piperazine rings is 1. The lowest BCUT2D eigenvalue weighted by molar-refractivity contribution is -0.102. The molecule has 0 unspecified atom stereocenters. The average molecular weight is 324 g/mol. The molecule has 0 radical (unpaired) electrons. The van der Waals surface area contributed by atoms with E-state index in [9.17, 15) is 4.79 Å². The third-order valence-electron chi connectivity index (χ3n) is 4.22. The first-order chi connectivity index (χ1) is 11.1. The monoisotopic (exact) mass is 324 g/mol. The fourth-order valence-corrected chi connectivity index (χ4v) is 2.73. The largest absolute Gasteiger partial charge is 0.475 e. The van der Waals surface area contributed by atoms with Gasteiger partial charge in [0.2, 0.25) is 5.88 Å². The molecule has 0 bridgehead atoms. The number of anilines is 1. The summed E-state index contributed by atoms with van der Waals surface area (Å²) in [5, 5.41) is 0. The first-order valence-electron chi connectivity index (χ1n) is 7.97. The topological polar surface area (TPSA) is 69.1 Å². The highest BCUT2D eigenvalue weighted by atomic mass is 16.6. The Morgan fingerprint density at radius 2 is 2.04 bits per heavy atom. The van der Waals surface area contributed by atoms with Crippen molar-refractivity contribution < 1.29 is 14.2 Å². The molecule has 0 aromatic carbocycles. The minimum Gasteiger partial charge on any atom is -0.475 e. The van der Waals surface area contributed by atoms with Gasteiger partial charge in [-0.25, -0.2) is 4.79 Å². The van der Waals surface area contributed by atoms with Gasteiger partial charge in [-0.3, -0.25) is 4.57 Å². The van der Waals surface area contributed by atoms with Crippen molar-refractivity contribution in [1.82, 2.24) is 14.5 Å². The highest BCUT2D eigenvalue weighted by molar-refractivity contribution is 5.42. The molecule has 0 N–H and O–H groups in total.